The molecule has 0 aromatic rings. The molecule has 0 aromatic heterocycles. The van der Waals surface area contributed by atoms with Gasteiger partial charge < -0.3 is 10.2 Å². The molecule has 0 bridgehead atoms. The lowest BCUT2D eigenvalue weighted by molar-refractivity contribution is -0.0338. The lowest BCUT2D eigenvalue weighted by atomic mass is 9.98. The van der Waals surface area contributed by atoms with Crippen LogP contribution < -0.4 is 0 Å². The van der Waals surface area contributed by atoms with Crippen LogP contribution in [0.3, 0.4) is 0 Å². The van der Waals surface area contributed by atoms with E-state index in [2.05, 4.69) is 6.92 Å². The second kappa shape index (κ2) is 2.46. The zero-order valence-corrected chi connectivity index (χ0v) is 5.39. The Bertz CT molecular complexity index is 66.9. The fourth-order valence-electron chi connectivity index (χ4n) is 0.295. The summed E-state index contributed by atoms with van der Waals surface area (Å²) in [7, 11) is 0. The van der Waals surface area contributed by atoms with Crippen molar-refractivity contribution in [2.24, 2.45) is 0 Å². The maximum Gasteiger partial charge on any atom is 0.0901 e. The summed E-state index contributed by atoms with van der Waals surface area (Å²) in [5.41, 5.74) is -1.15. The van der Waals surface area contributed by atoms with E-state index in [0.717, 1.165) is 0 Å². The monoisotopic (exact) mass is 117 g/mol. The third-order valence-corrected chi connectivity index (χ3v) is 1.39. The molecule has 49 valence electrons. The molecule has 2 nitrogen and oxygen atoms in total. The lowest BCUT2D eigenvalue weighted by Crippen LogP contribution is -2.36. The molecule has 8 heavy (non-hydrogen) atoms. The number of hydrogen-bond acceptors (Lipinski definition) is 2. The minimum Gasteiger partial charge on any atom is -0.390 e. The van der Waals surface area contributed by atoms with Crippen LogP contribution in [0.5, 0.6) is 0 Å². The summed E-state index contributed by atoms with van der Waals surface area (Å²) in [5, 5.41) is 17.8. The summed E-state index contributed by atoms with van der Waals surface area (Å²) < 4.78 is 0. The molecule has 0 spiro atoms. The van der Waals surface area contributed by atoms with Crippen LogP contribution in [-0.4, -0.2) is 21.9 Å². The fourth-order valence-corrected chi connectivity index (χ4v) is 0.295. The van der Waals surface area contributed by atoms with E-state index in [4.69, 9.17) is 10.2 Å². The summed E-state index contributed by atoms with van der Waals surface area (Å²) in [4.78, 5) is 0. The van der Waals surface area contributed by atoms with Crippen molar-refractivity contribution in [3.8, 4) is 0 Å². The molecule has 0 saturated carbocycles. The van der Waals surface area contributed by atoms with E-state index in [1.54, 1.807) is 6.92 Å². The average Bonchev–Trinajstić information content (AvgIpc) is 1.67. The molecule has 2 unspecified atom stereocenters. The average molecular weight is 117 g/mol. The van der Waals surface area contributed by atoms with Gasteiger partial charge in [-0.05, 0) is 20.3 Å². The molecule has 2 N–H and O–H groups in total. The zero-order chi connectivity index (χ0) is 6.78. The first kappa shape index (κ1) is 7.92. The van der Waals surface area contributed by atoms with E-state index < -0.39 is 11.7 Å². The SMILES string of the molecule is [CH2]C(O)(CC)C(C)O. The molecule has 0 heterocycles. The Hall–Kier alpha value is -0.0800. The van der Waals surface area contributed by atoms with Crippen molar-refractivity contribution in [1.82, 2.24) is 0 Å². The van der Waals surface area contributed by atoms with Gasteiger partial charge in [-0.25, -0.2) is 0 Å². The predicted octanol–water partition coefficient (Wildman–Crippen LogP) is 0.342. The third-order valence-electron chi connectivity index (χ3n) is 1.39. The molecule has 0 fully saturated rings. The topological polar surface area (TPSA) is 40.5 Å². The molecule has 0 aromatic carbocycles. The van der Waals surface area contributed by atoms with Gasteiger partial charge in [0.2, 0.25) is 0 Å². The van der Waals surface area contributed by atoms with Crippen LogP contribution in [0.15, 0.2) is 0 Å². The molecule has 0 rings (SSSR count). The van der Waals surface area contributed by atoms with E-state index >= 15 is 0 Å². The van der Waals surface area contributed by atoms with Crippen molar-refractivity contribution < 1.29 is 10.2 Å². The van der Waals surface area contributed by atoms with Crippen LogP contribution in [0, 0.1) is 6.92 Å². The standard InChI is InChI=1S/C6H13O2/c1-4-6(3,8)5(2)7/h5,7-8H,3-4H2,1-2H3. The van der Waals surface area contributed by atoms with Gasteiger partial charge >= 0.3 is 0 Å². The van der Waals surface area contributed by atoms with Gasteiger partial charge in [0.25, 0.3) is 0 Å². The van der Waals surface area contributed by atoms with Gasteiger partial charge in [-0.15, -0.1) is 0 Å². The van der Waals surface area contributed by atoms with Crippen molar-refractivity contribution in [2.75, 3.05) is 0 Å². The summed E-state index contributed by atoms with van der Waals surface area (Å²) in [6.45, 7) is 6.70. The first-order chi connectivity index (χ1) is 3.50. The Kier molecular flexibility index (Phi) is 2.44. The second-order valence-corrected chi connectivity index (χ2v) is 2.13. The second-order valence-electron chi connectivity index (χ2n) is 2.13. The van der Waals surface area contributed by atoms with E-state index in [1.807, 2.05) is 0 Å². The number of aliphatic hydroxyl groups is 2. The van der Waals surface area contributed by atoms with E-state index in [0.29, 0.717) is 6.42 Å². The molecule has 0 saturated heterocycles. The predicted molar refractivity (Wildman–Crippen MR) is 32.3 cm³/mol. The molecule has 2 heteroatoms. The normalized spacial score (nSPS) is 22.1. The minimum atomic E-state index is -1.15. The van der Waals surface area contributed by atoms with Crippen molar-refractivity contribution in [3.63, 3.8) is 0 Å². The van der Waals surface area contributed by atoms with Gasteiger partial charge in [0.1, 0.15) is 0 Å². The van der Waals surface area contributed by atoms with Crippen LogP contribution in [0.4, 0.5) is 0 Å². The zero-order valence-electron chi connectivity index (χ0n) is 5.39. The Labute approximate surface area is 50.2 Å². The van der Waals surface area contributed by atoms with Crippen LogP contribution in [0.1, 0.15) is 20.3 Å². The van der Waals surface area contributed by atoms with Crippen molar-refractivity contribution >= 4 is 0 Å². The maximum atomic E-state index is 9.04. The summed E-state index contributed by atoms with van der Waals surface area (Å²) >= 11 is 0. The van der Waals surface area contributed by atoms with E-state index in [1.165, 1.54) is 6.92 Å². The first-order valence-electron chi connectivity index (χ1n) is 2.76. The van der Waals surface area contributed by atoms with Crippen molar-refractivity contribution in [3.05, 3.63) is 6.92 Å². The van der Waals surface area contributed by atoms with Crippen molar-refractivity contribution in [2.45, 2.75) is 32.0 Å². The fraction of sp³-hybridized carbons (Fsp3) is 0.833. The highest BCUT2D eigenvalue weighted by Crippen LogP contribution is 2.11. The molecule has 0 aliphatic rings. The van der Waals surface area contributed by atoms with Crippen LogP contribution >= 0.6 is 0 Å². The molecule has 0 aliphatic carbocycles. The Morgan fingerprint density at radius 2 is 2.12 bits per heavy atom. The van der Waals surface area contributed by atoms with E-state index in [-0.39, 0.29) is 0 Å². The van der Waals surface area contributed by atoms with Crippen molar-refractivity contribution in [1.29, 1.82) is 0 Å². The van der Waals surface area contributed by atoms with Crippen LogP contribution in [0.25, 0.3) is 0 Å². The molecule has 2 atom stereocenters. The maximum absolute atomic E-state index is 9.04. The third kappa shape index (κ3) is 1.80. The van der Waals surface area contributed by atoms with Gasteiger partial charge in [0.15, 0.2) is 0 Å². The molecule has 1 radical (unpaired) electrons. The highest BCUT2D eigenvalue weighted by Gasteiger charge is 2.23. The summed E-state index contributed by atoms with van der Waals surface area (Å²) in [6.07, 6.45) is -0.266. The van der Waals surface area contributed by atoms with Gasteiger partial charge in [-0.1, -0.05) is 6.92 Å². The van der Waals surface area contributed by atoms with Gasteiger partial charge in [0.05, 0.1) is 11.7 Å². The quantitative estimate of drug-likeness (QED) is 0.547. The summed E-state index contributed by atoms with van der Waals surface area (Å²) in [5.74, 6) is 0. The highest BCUT2D eigenvalue weighted by molar-refractivity contribution is 4.84. The summed E-state index contributed by atoms with van der Waals surface area (Å²) in [6, 6.07) is 0. The number of hydrogen-bond donors (Lipinski definition) is 2. The van der Waals surface area contributed by atoms with Crippen LogP contribution in [0.2, 0.25) is 0 Å². The van der Waals surface area contributed by atoms with E-state index in [9.17, 15) is 0 Å². The van der Waals surface area contributed by atoms with Crippen LogP contribution in [-0.2, 0) is 0 Å². The lowest BCUT2D eigenvalue weighted by Gasteiger charge is -2.23. The molecular weight excluding hydrogens is 104 g/mol. The smallest absolute Gasteiger partial charge is 0.0901 e. The Morgan fingerprint density at radius 3 is 2.12 bits per heavy atom. The van der Waals surface area contributed by atoms with Gasteiger partial charge in [-0.2, -0.15) is 0 Å². The molecule has 0 aliphatic heterocycles. The highest BCUT2D eigenvalue weighted by atomic mass is 16.3. The van der Waals surface area contributed by atoms with Gasteiger partial charge in [0, 0.05) is 0 Å². The molecule has 0 amide bonds. The minimum absolute atomic E-state index is 0.477. The Balaban J connectivity index is 3.71. The number of rotatable bonds is 2. The Morgan fingerprint density at radius 1 is 1.75 bits per heavy atom. The largest absolute Gasteiger partial charge is 0.390 e. The number of aliphatic hydroxyl groups excluding tert-OH is 1. The van der Waals surface area contributed by atoms with Gasteiger partial charge in [-0.3, -0.25) is 0 Å². The first-order valence-corrected chi connectivity index (χ1v) is 2.76. The molecular formula is C6H13O2.